The third-order valence-electron chi connectivity index (χ3n) is 2.69. The second-order valence-corrected chi connectivity index (χ2v) is 5.56. The van der Waals surface area contributed by atoms with Crippen LogP contribution in [0.15, 0.2) is 6.20 Å². The molecule has 1 aromatic heterocycles. The summed E-state index contributed by atoms with van der Waals surface area (Å²) in [6.45, 7) is 6.36. The number of aliphatic carboxylic acids is 1. The molecule has 19 heavy (non-hydrogen) atoms. The minimum atomic E-state index is -0.906. The molecular formula is C12H19N3O3S. The lowest BCUT2D eigenvalue weighted by Gasteiger charge is -2.27. The number of carbonyl (C=O) groups excluding carboxylic acids is 1. The van der Waals surface area contributed by atoms with Gasteiger partial charge in [0.1, 0.15) is 0 Å². The van der Waals surface area contributed by atoms with Gasteiger partial charge in [0.2, 0.25) is 0 Å². The van der Waals surface area contributed by atoms with Gasteiger partial charge in [-0.2, -0.15) is 0 Å². The molecule has 6 nitrogen and oxygen atoms in total. The van der Waals surface area contributed by atoms with Gasteiger partial charge in [-0.25, -0.2) is 9.78 Å². The average molecular weight is 285 g/mol. The number of urea groups is 1. The zero-order valence-electron chi connectivity index (χ0n) is 11.3. The molecule has 0 saturated carbocycles. The Morgan fingerprint density at radius 3 is 2.74 bits per heavy atom. The van der Waals surface area contributed by atoms with E-state index in [0.717, 1.165) is 9.88 Å². The Bertz CT molecular complexity index is 447. The summed E-state index contributed by atoms with van der Waals surface area (Å²) in [5, 5.41) is 12.5. The van der Waals surface area contributed by atoms with Crippen LogP contribution < -0.4 is 5.32 Å². The summed E-state index contributed by atoms with van der Waals surface area (Å²) in [4.78, 5) is 29.3. The molecular weight excluding hydrogens is 266 g/mol. The van der Waals surface area contributed by atoms with Crippen molar-refractivity contribution in [2.24, 2.45) is 0 Å². The van der Waals surface area contributed by atoms with Crippen LogP contribution in [0.1, 0.15) is 30.2 Å². The SMILES string of the molecule is CCN(C(=O)NCc1cnc(C)s1)C(C)CC(=O)O. The molecule has 0 bridgehead atoms. The molecule has 0 spiro atoms. The molecule has 1 heterocycles. The number of hydrogen-bond acceptors (Lipinski definition) is 4. The normalized spacial score (nSPS) is 11.9. The van der Waals surface area contributed by atoms with E-state index in [1.807, 2.05) is 13.8 Å². The van der Waals surface area contributed by atoms with Crippen molar-refractivity contribution < 1.29 is 14.7 Å². The van der Waals surface area contributed by atoms with Crippen molar-refractivity contribution in [1.82, 2.24) is 15.2 Å². The van der Waals surface area contributed by atoms with E-state index in [1.165, 1.54) is 16.2 Å². The van der Waals surface area contributed by atoms with Gasteiger partial charge in [0.15, 0.2) is 0 Å². The highest BCUT2D eigenvalue weighted by atomic mass is 32.1. The molecule has 0 saturated heterocycles. The van der Waals surface area contributed by atoms with Crippen molar-refractivity contribution in [1.29, 1.82) is 0 Å². The van der Waals surface area contributed by atoms with Crippen molar-refractivity contribution >= 4 is 23.3 Å². The lowest BCUT2D eigenvalue weighted by atomic mass is 10.2. The molecule has 0 aliphatic carbocycles. The van der Waals surface area contributed by atoms with Gasteiger partial charge in [-0.1, -0.05) is 0 Å². The summed E-state index contributed by atoms with van der Waals surface area (Å²) in [6, 6.07) is -0.576. The molecule has 1 unspecified atom stereocenters. The summed E-state index contributed by atoms with van der Waals surface area (Å²) in [7, 11) is 0. The van der Waals surface area contributed by atoms with Gasteiger partial charge < -0.3 is 15.3 Å². The van der Waals surface area contributed by atoms with Crippen LogP contribution in [-0.2, 0) is 11.3 Å². The van der Waals surface area contributed by atoms with Gasteiger partial charge in [0, 0.05) is 23.7 Å². The Morgan fingerprint density at radius 1 is 1.58 bits per heavy atom. The second-order valence-electron chi connectivity index (χ2n) is 4.24. The van der Waals surface area contributed by atoms with Gasteiger partial charge in [-0.15, -0.1) is 11.3 Å². The Balaban J connectivity index is 2.51. The van der Waals surface area contributed by atoms with E-state index in [4.69, 9.17) is 5.11 Å². The van der Waals surface area contributed by atoms with E-state index >= 15 is 0 Å². The van der Waals surface area contributed by atoms with Crippen molar-refractivity contribution in [3.05, 3.63) is 16.1 Å². The lowest BCUT2D eigenvalue weighted by Crippen LogP contribution is -2.45. The Kier molecular flexibility index (Phi) is 5.75. The van der Waals surface area contributed by atoms with E-state index in [0.29, 0.717) is 13.1 Å². The highest BCUT2D eigenvalue weighted by Gasteiger charge is 2.20. The van der Waals surface area contributed by atoms with Gasteiger partial charge in [0.25, 0.3) is 0 Å². The molecule has 0 aliphatic rings. The minimum absolute atomic E-state index is 0.0546. The minimum Gasteiger partial charge on any atom is -0.481 e. The van der Waals surface area contributed by atoms with Gasteiger partial charge >= 0.3 is 12.0 Å². The third-order valence-corrected chi connectivity index (χ3v) is 3.60. The first kappa shape index (κ1) is 15.4. The standard InChI is InChI=1S/C12H19N3O3S/c1-4-15(8(2)5-11(16)17)12(18)14-7-10-6-13-9(3)19-10/h6,8H,4-5,7H2,1-3H3,(H,14,18)(H,16,17). The Hall–Kier alpha value is -1.63. The van der Waals surface area contributed by atoms with Crippen molar-refractivity contribution in [3.8, 4) is 0 Å². The van der Waals surface area contributed by atoms with Crippen molar-refractivity contribution in [3.63, 3.8) is 0 Å². The summed E-state index contributed by atoms with van der Waals surface area (Å²) in [6.07, 6.45) is 1.68. The number of carbonyl (C=O) groups is 2. The van der Waals surface area contributed by atoms with Gasteiger partial charge in [0.05, 0.1) is 18.0 Å². The average Bonchev–Trinajstić information content (AvgIpc) is 2.72. The highest BCUT2D eigenvalue weighted by Crippen LogP contribution is 2.11. The van der Waals surface area contributed by atoms with Crippen molar-refractivity contribution in [2.75, 3.05) is 6.54 Å². The quantitative estimate of drug-likeness (QED) is 0.835. The number of hydrogen-bond donors (Lipinski definition) is 2. The van der Waals surface area contributed by atoms with Crippen LogP contribution in [0.25, 0.3) is 0 Å². The summed E-state index contributed by atoms with van der Waals surface area (Å²) < 4.78 is 0. The number of nitrogens with one attached hydrogen (secondary N) is 1. The number of nitrogens with zero attached hydrogens (tertiary/aromatic N) is 2. The fourth-order valence-electron chi connectivity index (χ4n) is 1.77. The largest absolute Gasteiger partial charge is 0.481 e. The molecule has 2 amide bonds. The van der Waals surface area contributed by atoms with E-state index < -0.39 is 5.97 Å². The smallest absolute Gasteiger partial charge is 0.317 e. The van der Waals surface area contributed by atoms with E-state index in [9.17, 15) is 9.59 Å². The van der Waals surface area contributed by atoms with Crippen LogP contribution in [0.5, 0.6) is 0 Å². The molecule has 0 aromatic carbocycles. The maximum atomic E-state index is 12.0. The molecule has 0 fully saturated rings. The number of aromatic nitrogens is 1. The molecule has 106 valence electrons. The number of thiazole rings is 1. The third kappa shape index (κ3) is 4.86. The Morgan fingerprint density at radius 2 is 2.26 bits per heavy atom. The summed E-state index contributed by atoms with van der Waals surface area (Å²) in [5.41, 5.74) is 0. The van der Waals surface area contributed by atoms with Crippen LogP contribution >= 0.6 is 11.3 Å². The second kappa shape index (κ2) is 7.08. The Labute approximate surface area is 116 Å². The molecule has 1 aromatic rings. The molecule has 1 rings (SSSR count). The lowest BCUT2D eigenvalue weighted by molar-refractivity contribution is -0.138. The number of aryl methyl sites for hydroxylation is 1. The highest BCUT2D eigenvalue weighted by molar-refractivity contribution is 7.11. The first-order valence-electron chi connectivity index (χ1n) is 6.11. The summed E-state index contributed by atoms with van der Waals surface area (Å²) in [5.74, 6) is -0.906. The number of carboxylic acid groups (broad SMARTS) is 1. The predicted molar refractivity (Wildman–Crippen MR) is 73.2 cm³/mol. The zero-order chi connectivity index (χ0) is 14.4. The summed E-state index contributed by atoms with van der Waals surface area (Å²) >= 11 is 1.53. The van der Waals surface area contributed by atoms with Crippen LogP contribution in [0.2, 0.25) is 0 Å². The fourth-order valence-corrected chi connectivity index (χ4v) is 2.50. The maximum absolute atomic E-state index is 12.0. The molecule has 2 N–H and O–H groups in total. The number of carboxylic acids is 1. The van der Waals surface area contributed by atoms with Crippen LogP contribution in [0.3, 0.4) is 0 Å². The van der Waals surface area contributed by atoms with E-state index in [2.05, 4.69) is 10.3 Å². The van der Waals surface area contributed by atoms with Crippen LogP contribution in [0.4, 0.5) is 4.79 Å². The monoisotopic (exact) mass is 285 g/mol. The fraction of sp³-hybridized carbons (Fsp3) is 0.583. The first-order chi connectivity index (χ1) is 8.93. The predicted octanol–water partition coefficient (Wildman–Crippen LogP) is 1.85. The van der Waals surface area contributed by atoms with Crippen LogP contribution in [-0.4, -0.2) is 39.6 Å². The van der Waals surface area contributed by atoms with Gasteiger partial charge in [-0.3, -0.25) is 4.79 Å². The topological polar surface area (TPSA) is 82.5 Å². The van der Waals surface area contributed by atoms with Gasteiger partial charge in [-0.05, 0) is 20.8 Å². The molecule has 0 radical (unpaired) electrons. The van der Waals surface area contributed by atoms with Crippen molar-refractivity contribution in [2.45, 2.75) is 39.8 Å². The first-order valence-corrected chi connectivity index (χ1v) is 6.93. The van der Waals surface area contributed by atoms with Crippen LogP contribution in [0, 0.1) is 6.92 Å². The van der Waals surface area contributed by atoms with E-state index in [-0.39, 0.29) is 18.5 Å². The molecule has 0 aliphatic heterocycles. The molecule has 1 atom stereocenters. The number of amides is 2. The number of rotatable bonds is 6. The maximum Gasteiger partial charge on any atom is 0.317 e. The zero-order valence-corrected chi connectivity index (χ0v) is 12.2. The van der Waals surface area contributed by atoms with E-state index in [1.54, 1.807) is 13.1 Å². The molecule has 7 heteroatoms.